The van der Waals surface area contributed by atoms with Crippen molar-refractivity contribution in [3.8, 4) is 0 Å². The monoisotopic (exact) mass is 476 g/mol. The number of carbonyl (C=O) groups excluding carboxylic acids is 1. The van der Waals surface area contributed by atoms with E-state index >= 15 is 0 Å². The number of amides is 1. The van der Waals surface area contributed by atoms with Gasteiger partial charge < -0.3 is 5.32 Å². The molecule has 0 radical (unpaired) electrons. The summed E-state index contributed by atoms with van der Waals surface area (Å²) in [5.41, 5.74) is 6.61. The molecule has 3 nitrogen and oxygen atoms in total. The first-order chi connectivity index (χ1) is 17.2. The molecule has 0 bridgehead atoms. The van der Waals surface area contributed by atoms with Crippen LogP contribution < -0.4 is 5.32 Å². The molecule has 3 heteroatoms. The third-order valence-corrected chi connectivity index (χ3v) is 8.57. The minimum Gasteiger partial charge on any atom is -0.352 e. The Kier molecular flexibility index (Phi) is 7.81. The number of rotatable bonds is 8. The number of nitrogens with one attached hydrogen (secondary N) is 1. The second-order valence-electron chi connectivity index (χ2n) is 11.0. The molecule has 1 aromatic heterocycles. The van der Waals surface area contributed by atoms with Crippen molar-refractivity contribution in [2.45, 2.75) is 94.9 Å². The first-order valence-electron chi connectivity index (χ1n) is 13.8. The molecule has 2 unspecified atom stereocenters. The van der Waals surface area contributed by atoms with E-state index in [1.54, 1.807) is 0 Å². The minimum atomic E-state index is 0. The van der Waals surface area contributed by atoms with Gasteiger partial charge in [-0.1, -0.05) is 68.2 Å². The van der Waals surface area contributed by atoms with E-state index in [2.05, 4.69) is 54.4 Å². The van der Waals surface area contributed by atoms with Gasteiger partial charge in [-0.15, -0.1) is 6.58 Å². The van der Waals surface area contributed by atoms with Crippen molar-refractivity contribution in [3.05, 3.63) is 83.2 Å². The minimum absolute atomic E-state index is 0. The van der Waals surface area contributed by atoms with Gasteiger partial charge >= 0.3 is 0 Å². The molecule has 35 heavy (non-hydrogen) atoms. The zero-order valence-electron chi connectivity index (χ0n) is 21.1. The van der Waals surface area contributed by atoms with Crippen LogP contribution in [0.4, 0.5) is 0 Å². The SMILES string of the molecule is C=CC[C@@H](NC(=O)Cc1cccc(C2CCCC(c3nccc4c3C=CC4)C2)c1)C1CCCCC1.[HH].[HH].[HH].[HH]. The van der Waals surface area contributed by atoms with E-state index in [-0.39, 0.29) is 17.7 Å². The number of allylic oxidation sites excluding steroid dienone is 1. The fourth-order valence-electron chi connectivity index (χ4n) is 6.76. The molecule has 3 atom stereocenters. The van der Waals surface area contributed by atoms with Crippen LogP contribution in [-0.2, 0) is 17.6 Å². The van der Waals surface area contributed by atoms with Gasteiger partial charge in [-0.2, -0.15) is 0 Å². The van der Waals surface area contributed by atoms with Crippen molar-refractivity contribution in [1.29, 1.82) is 0 Å². The smallest absolute Gasteiger partial charge is 0.224 e. The van der Waals surface area contributed by atoms with Gasteiger partial charge in [0.15, 0.2) is 0 Å². The Bertz CT molecular complexity index is 1080. The van der Waals surface area contributed by atoms with E-state index in [1.165, 1.54) is 73.8 Å². The standard InChI is InChI=1S/C32H40N2O.4H2/c1-2-9-30(25-11-4-3-5-12-25)34-31(35)21-23-10-6-14-26(20-23)27-15-7-16-28(22-27)32-29-17-8-13-24(29)18-19-33-32;;;;/h2,6,8,10,14,17-20,25,27-28,30H,1,3-5,7,9,11-13,15-16,21-22H2,(H,34,35);4*1H/t27?,28?,30-;;;;/m1..../s1. The van der Waals surface area contributed by atoms with Crippen LogP contribution in [0.2, 0.25) is 0 Å². The highest BCUT2D eigenvalue weighted by atomic mass is 16.1. The lowest BCUT2D eigenvalue weighted by molar-refractivity contribution is -0.121. The third kappa shape index (κ3) is 5.77. The van der Waals surface area contributed by atoms with Gasteiger partial charge in [0, 0.05) is 23.9 Å². The predicted molar refractivity (Wildman–Crippen MR) is 153 cm³/mol. The van der Waals surface area contributed by atoms with Crippen molar-refractivity contribution < 1.29 is 10.5 Å². The normalized spacial score (nSPS) is 23.0. The second-order valence-corrected chi connectivity index (χ2v) is 11.0. The van der Waals surface area contributed by atoms with E-state index in [0.29, 0.717) is 24.2 Å². The second kappa shape index (κ2) is 11.4. The molecular formula is C32H48N2O. The summed E-state index contributed by atoms with van der Waals surface area (Å²) in [6, 6.07) is 11.2. The first kappa shape index (κ1) is 24.0. The van der Waals surface area contributed by atoms with Crippen LogP contribution in [0.1, 0.15) is 110 Å². The average molecular weight is 477 g/mol. The van der Waals surface area contributed by atoms with Crippen molar-refractivity contribution in [1.82, 2.24) is 10.3 Å². The van der Waals surface area contributed by atoms with Crippen LogP contribution in [0.15, 0.2) is 55.3 Å². The highest BCUT2D eigenvalue weighted by molar-refractivity contribution is 5.79. The highest BCUT2D eigenvalue weighted by Crippen LogP contribution is 2.43. The number of aromatic nitrogens is 1. The topological polar surface area (TPSA) is 42.0 Å². The fourth-order valence-corrected chi connectivity index (χ4v) is 6.76. The van der Waals surface area contributed by atoms with E-state index < -0.39 is 0 Å². The number of pyridine rings is 1. The quantitative estimate of drug-likeness (QED) is 0.390. The summed E-state index contributed by atoms with van der Waals surface area (Å²) in [5, 5.41) is 3.36. The van der Waals surface area contributed by atoms with Crippen molar-refractivity contribution in [3.63, 3.8) is 0 Å². The van der Waals surface area contributed by atoms with Crippen LogP contribution in [0.5, 0.6) is 0 Å². The maximum atomic E-state index is 13.0. The first-order valence-corrected chi connectivity index (χ1v) is 13.8. The Labute approximate surface area is 217 Å². The molecule has 2 fully saturated rings. The van der Waals surface area contributed by atoms with Gasteiger partial charge in [-0.25, -0.2) is 0 Å². The zero-order valence-corrected chi connectivity index (χ0v) is 21.1. The van der Waals surface area contributed by atoms with Gasteiger partial charge in [0.1, 0.15) is 0 Å². The molecule has 3 aliphatic carbocycles. The van der Waals surface area contributed by atoms with Crippen LogP contribution in [0.25, 0.3) is 6.08 Å². The molecule has 192 valence electrons. The summed E-state index contributed by atoms with van der Waals surface area (Å²) >= 11 is 0. The summed E-state index contributed by atoms with van der Waals surface area (Å²) in [7, 11) is 0. The summed E-state index contributed by atoms with van der Waals surface area (Å²) in [6.07, 6.45) is 22.1. The lowest BCUT2D eigenvalue weighted by atomic mass is 9.75. The van der Waals surface area contributed by atoms with Gasteiger partial charge in [0.2, 0.25) is 5.91 Å². The Morgan fingerprint density at radius 1 is 1.11 bits per heavy atom. The van der Waals surface area contributed by atoms with Crippen molar-refractivity contribution in [2.24, 2.45) is 5.92 Å². The van der Waals surface area contributed by atoms with E-state index in [9.17, 15) is 4.79 Å². The molecule has 2 aromatic rings. The molecule has 0 saturated heterocycles. The molecule has 5 rings (SSSR count). The van der Waals surface area contributed by atoms with Gasteiger partial charge in [-0.3, -0.25) is 9.78 Å². The summed E-state index contributed by atoms with van der Waals surface area (Å²) < 4.78 is 0. The van der Waals surface area contributed by atoms with E-state index in [0.717, 1.165) is 24.8 Å². The molecule has 3 aliphatic rings. The Morgan fingerprint density at radius 2 is 1.97 bits per heavy atom. The summed E-state index contributed by atoms with van der Waals surface area (Å²) in [6.45, 7) is 3.94. The lowest BCUT2D eigenvalue weighted by Crippen LogP contribution is -2.41. The van der Waals surface area contributed by atoms with Crippen LogP contribution >= 0.6 is 0 Å². The zero-order chi connectivity index (χ0) is 24.0. The number of nitrogens with zero attached hydrogens (tertiary/aromatic N) is 1. The van der Waals surface area contributed by atoms with Crippen molar-refractivity contribution in [2.75, 3.05) is 0 Å². The number of hydrogen-bond acceptors (Lipinski definition) is 2. The molecule has 1 heterocycles. The maximum absolute atomic E-state index is 13.0. The molecule has 1 amide bonds. The van der Waals surface area contributed by atoms with Crippen LogP contribution in [0, 0.1) is 5.92 Å². The number of hydrogen-bond donors (Lipinski definition) is 1. The number of carbonyl (C=O) groups is 1. The molecule has 0 spiro atoms. The Morgan fingerprint density at radius 3 is 2.83 bits per heavy atom. The molecular weight excluding hydrogens is 428 g/mol. The molecule has 0 aliphatic heterocycles. The molecule has 2 saturated carbocycles. The van der Waals surface area contributed by atoms with Gasteiger partial charge in [0.25, 0.3) is 0 Å². The van der Waals surface area contributed by atoms with Crippen molar-refractivity contribution >= 4 is 12.0 Å². The Hall–Kier alpha value is -2.68. The van der Waals surface area contributed by atoms with Gasteiger partial charge in [0.05, 0.1) is 12.1 Å². The summed E-state index contributed by atoms with van der Waals surface area (Å²) in [5.74, 6) is 1.81. The predicted octanol–water partition coefficient (Wildman–Crippen LogP) is 8.26. The maximum Gasteiger partial charge on any atom is 0.224 e. The Balaban J connectivity index is 0.00000190. The van der Waals surface area contributed by atoms with E-state index in [1.807, 2.05) is 12.3 Å². The fraction of sp³-hybridized carbons (Fsp3) is 0.500. The highest BCUT2D eigenvalue weighted by Gasteiger charge is 2.28. The lowest BCUT2D eigenvalue weighted by Gasteiger charge is -2.31. The number of benzene rings is 1. The van der Waals surface area contributed by atoms with Crippen LogP contribution in [0.3, 0.4) is 0 Å². The largest absolute Gasteiger partial charge is 0.352 e. The van der Waals surface area contributed by atoms with Gasteiger partial charge in [-0.05, 0) is 85.1 Å². The van der Waals surface area contributed by atoms with Crippen LogP contribution in [-0.4, -0.2) is 16.9 Å². The molecule has 1 N–H and O–H groups in total. The summed E-state index contributed by atoms with van der Waals surface area (Å²) in [4.78, 5) is 17.8. The molecule has 1 aromatic carbocycles. The average Bonchev–Trinajstić information content (AvgIpc) is 3.38. The van der Waals surface area contributed by atoms with E-state index in [4.69, 9.17) is 4.98 Å². The number of fused-ring (bicyclic) bond motifs is 1. The third-order valence-electron chi connectivity index (χ3n) is 8.57.